The minimum absolute atomic E-state index is 0.000239. The fraction of sp³-hybridized carbons (Fsp3) is 0.467. The van der Waals surface area contributed by atoms with Gasteiger partial charge >= 0.3 is 11.8 Å². The lowest BCUT2D eigenvalue weighted by atomic mass is 9.86. The zero-order valence-electron chi connectivity index (χ0n) is 11.9. The van der Waals surface area contributed by atoms with E-state index in [1.54, 1.807) is 18.2 Å². The van der Waals surface area contributed by atoms with Gasteiger partial charge in [0.25, 0.3) is 0 Å². The summed E-state index contributed by atoms with van der Waals surface area (Å²) in [7, 11) is 0. The van der Waals surface area contributed by atoms with E-state index in [9.17, 15) is 14.7 Å². The molecule has 0 aliphatic heterocycles. The number of aliphatic hydroxyl groups excluding tert-OH is 1. The molecule has 1 saturated carbocycles. The molecule has 1 aromatic rings. The molecule has 0 unspecified atom stereocenters. The SMILES string of the molecule is O=C(NC[C@H]1CCCC[C@@H]1O)C(=O)Nc1cccc(Cl)c1Cl. The van der Waals surface area contributed by atoms with Crippen LogP contribution in [0.5, 0.6) is 0 Å². The monoisotopic (exact) mass is 344 g/mol. The van der Waals surface area contributed by atoms with E-state index in [2.05, 4.69) is 10.6 Å². The van der Waals surface area contributed by atoms with Crippen LogP contribution in [0.1, 0.15) is 25.7 Å². The fourth-order valence-electron chi connectivity index (χ4n) is 2.51. The van der Waals surface area contributed by atoms with Gasteiger partial charge in [-0.3, -0.25) is 9.59 Å². The summed E-state index contributed by atoms with van der Waals surface area (Å²) < 4.78 is 0. The van der Waals surface area contributed by atoms with Crippen molar-refractivity contribution in [3.8, 4) is 0 Å². The Morgan fingerprint density at radius 2 is 1.91 bits per heavy atom. The Hall–Kier alpha value is -1.30. The van der Waals surface area contributed by atoms with Gasteiger partial charge in [-0.05, 0) is 25.0 Å². The van der Waals surface area contributed by atoms with Gasteiger partial charge in [0.2, 0.25) is 0 Å². The van der Waals surface area contributed by atoms with Crippen molar-refractivity contribution in [3.63, 3.8) is 0 Å². The fourth-order valence-corrected chi connectivity index (χ4v) is 2.86. The number of amides is 2. The van der Waals surface area contributed by atoms with Gasteiger partial charge in [0, 0.05) is 12.5 Å². The van der Waals surface area contributed by atoms with Crippen molar-refractivity contribution >= 4 is 40.7 Å². The number of carbonyl (C=O) groups excluding carboxylic acids is 2. The Kier molecular flexibility index (Phi) is 6.06. The third kappa shape index (κ3) is 4.35. The third-order valence-corrected chi connectivity index (χ3v) is 4.62. The average molecular weight is 345 g/mol. The second-order valence-corrected chi connectivity index (χ2v) is 6.16. The first-order valence-electron chi connectivity index (χ1n) is 7.20. The minimum Gasteiger partial charge on any atom is -0.393 e. The van der Waals surface area contributed by atoms with Crippen molar-refractivity contribution in [1.29, 1.82) is 0 Å². The molecule has 0 aromatic heterocycles. The van der Waals surface area contributed by atoms with E-state index in [0.29, 0.717) is 5.02 Å². The van der Waals surface area contributed by atoms with Crippen LogP contribution in [0.2, 0.25) is 10.0 Å². The predicted molar refractivity (Wildman–Crippen MR) is 86.1 cm³/mol. The molecule has 7 heteroatoms. The van der Waals surface area contributed by atoms with Gasteiger partial charge in [0.15, 0.2) is 0 Å². The van der Waals surface area contributed by atoms with E-state index < -0.39 is 17.9 Å². The summed E-state index contributed by atoms with van der Waals surface area (Å²) in [5, 5.41) is 15.3. The lowest BCUT2D eigenvalue weighted by molar-refractivity contribution is -0.136. The molecule has 0 radical (unpaired) electrons. The van der Waals surface area contributed by atoms with Gasteiger partial charge in [-0.1, -0.05) is 42.1 Å². The Morgan fingerprint density at radius 3 is 2.64 bits per heavy atom. The van der Waals surface area contributed by atoms with E-state index >= 15 is 0 Å². The van der Waals surface area contributed by atoms with Crippen LogP contribution in [0.15, 0.2) is 18.2 Å². The molecular formula is C15H18Cl2N2O3. The first-order chi connectivity index (χ1) is 10.5. The summed E-state index contributed by atoms with van der Waals surface area (Å²) in [4.78, 5) is 23.7. The topological polar surface area (TPSA) is 78.4 Å². The molecule has 0 saturated heterocycles. The molecule has 0 spiro atoms. The number of carbonyl (C=O) groups is 2. The van der Waals surface area contributed by atoms with E-state index in [-0.39, 0.29) is 23.2 Å². The Bertz CT molecular complexity index is 566. The van der Waals surface area contributed by atoms with Gasteiger partial charge in [-0.25, -0.2) is 0 Å². The number of nitrogens with one attached hydrogen (secondary N) is 2. The third-order valence-electron chi connectivity index (χ3n) is 3.80. The highest BCUT2D eigenvalue weighted by molar-refractivity contribution is 6.45. The molecule has 5 nitrogen and oxygen atoms in total. The quantitative estimate of drug-likeness (QED) is 0.737. The maximum absolute atomic E-state index is 11.8. The molecule has 0 bridgehead atoms. The van der Waals surface area contributed by atoms with E-state index in [0.717, 1.165) is 25.7 Å². The molecule has 2 rings (SSSR count). The summed E-state index contributed by atoms with van der Waals surface area (Å²) in [6.45, 7) is 0.288. The summed E-state index contributed by atoms with van der Waals surface area (Å²) >= 11 is 11.8. The minimum atomic E-state index is -0.811. The molecule has 22 heavy (non-hydrogen) atoms. The van der Waals surface area contributed by atoms with E-state index in [1.807, 2.05) is 0 Å². The molecule has 1 aliphatic carbocycles. The Labute approximate surface area is 139 Å². The van der Waals surface area contributed by atoms with Crippen LogP contribution < -0.4 is 10.6 Å². The number of anilines is 1. The van der Waals surface area contributed by atoms with Crippen molar-refractivity contribution in [2.24, 2.45) is 5.92 Å². The standard InChI is InChI=1S/C15H18Cl2N2O3/c16-10-5-3-6-11(13(10)17)19-15(22)14(21)18-8-9-4-1-2-7-12(9)20/h3,5-6,9,12,20H,1-2,4,7-8H2,(H,18,21)(H,19,22)/t9-,12+/m1/s1. The summed E-state index contributed by atoms with van der Waals surface area (Å²) in [5.41, 5.74) is 0.284. The first kappa shape index (κ1) is 17.1. The van der Waals surface area contributed by atoms with Crippen molar-refractivity contribution in [2.45, 2.75) is 31.8 Å². The number of aliphatic hydroxyl groups is 1. The van der Waals surface area contributed by atoms with Crippen LogP contribution in [-0.4, -0.2) is 29.6 Å². The van der Waals surface area contributed by atoms with Gasteiger partial charge in [0.1, 0.15) is 0 Å². The zero-order valence-corrected chi connectivity index (χ0v) is 13.5. The molecule has 0 heterocycles. The highest BCUT2D eigenvalue weighted by Crippen LogP contribution is 2.29. The Morgan fingerprint density at radius 1 is 1.18 bits per heavy atom. The maximum atomic E-state index is 11.8. The highest BCUT2D eigenvalue weighted by atomic mass is 35.5. The van der Waals surface area contributed by atoms with Crippen LogP contribution in [-0.2, 0) is 9.59 Å². The van der Waals surface area contributed by atoms with Crippen LogP contribution in [0, 0.1) is 5.92 Å². The van der Waals surface area contributed by atoms with Gasteiger partial charge in [0.05, 0.1) is 21.8 Å². The lowest BCUT2D eigenvalue weighted by Crippen LogP contribution is -2.41. The second-order valence-electron chi connectivity index (χ2n) is 5.38. The second kappa shape index (κ2) is 7.81. The van der Waals surface area contributed by atoms with Gasteiger partial charge < -0.3 is 15.7 Å². The zero-order chi connectivity index (χ0) is 16.1. The largest absolute Gasteiger partial charge is 0.393 e. The lowest BCUT2D eigenvalue weighted by Gasteiger charge is -2.27. The number of hydrogen-bond donors (Lipinski definition) is 3. The van der Waals surface area contributed by atoms with Crippen LogP contribution in [0.3, 0.4) is 0 Å². The Balaban J connectivity index is 1.87. The van der Waals surface area contributed by atoms with E-state index in [1.165, 1.54) is 0 Å². The molecule has 2 atom stereocenters. The number of rotatable bonds is 3. The maximum Gasteiger partial charge on any atom is 0.313 e. The molecule has 1 fully saturated rings. The van der Waals surface area contributed by atoms with Crippen molar-refractivity contribution in [2.75, 3.05) is 11.9 Å². The molecule has 1 aromatic carbocycles. The van der Waals surface area contributed by atoms with Crippen LogP contribution >= 0.6 is 23.2 Å². The van der Waals surface area contributed by atoms with Crippen molar-refractivity contribution < 1.29 is 14.7 Å². The van der Waals surface area contributed by atoms with Crippen LogP contribution in [0.4, 0.5) is 5.69 Å². The number of halogens is 2. The van der Waals surface area contributed by atoms with Crippen molar-refractivity contribution in [1.82, 2.24) is 5.32 Å². The predicted octanol–water partition coefficient (Wildman–Crippen LogP) is 2.60. The number of benzene rings is 1. The molecule has 120 valence electrons. The smallest absolute Gasteiger partial charge is 0.313 e. The average Bonchev–Trinajstić information content (AvgIpc) is 2.50. The normalized spacial score (nSPS) is 21.2. The van der Waals surface area contributed by atoms with E-state index in [4.69, 9.17) is 23.2 Å². The molecule has 3 N–H and O–H groups in total. The first-order valence-corrected chi connectivity index (χ1v) is 7.96. The molecular weight excluding hydrogens is 327 g/mol. The van der Waals surface area contributed by atoms with Crippen LogP contribution in [0.25, 0.3) is 0 Å². The highest BCUT2D eigenvalue weighted by Gasteiger charge is 2.24. The van der Waals surface area contributed by atoms with Gasteiger partial charge in [-0.2, -0.15) is 0 Å². The summed E-state index contributed by atoms with van der Waals surface area (Å²) in [5.74, 6) is -1.57. The molecule has 2 amide bonds. The van der Waals surface area contributed by atoms with Crippen molar-refractivity contribution in [3.05, 3.63) is 28.2 Å². The van der Waals surface area contributed by atoms with Gasteiger partial charge in [-0.15, -0.1) is 0 Å². The molecule has 1 aliphatic rings. The summed E-state index contributed by atoms with van der Waals surface area (Å²) in [6.07, 6.45) is 3.20. The summed E-state index contributed by atoms with van der Waals surface area (Å²) in [6, 6.07) is 4.77. The number of hydrogen-bond acceptors (Lipinski definition) is 3.